The molecule has 1 spiro atoms. The summed E-state index contributed by atoms with van der Waals surface area (Å²) < 4.78 is 0. The Bertz CT molecular complexity index is 236. The van der Waals surface area contributed by atoms with E-state index in [1.807, 2.05) is 0 Å². The Labute approximate surface area is 85.7 Å². The van der Waals surface area contributed by atoms with E-state index in [4.69, 9.17) is 5.11 Å². The molecular weight excluding hydrogens is 176 g/mol. The number of carbonyl (C=O) groups is 1. The van der Waals surface area contributed by atoms with Crippen molar-refractivity contribution in [2.45, 2.75) is 51.9 Å². The van der Waals surface area contributed by atoms with Crippen molar-refractivity contribution in [3.63, 3.8) is 0 Å². The van der Waals surface area contributed by atoms with Crippen LogP contribution in [0.15, 0.2) is 0 Å². The van der Waals surface area contributed by atoms with E-state index in [0.29, 0.717) is 0 Å². The average Bonchev–Trinajstić information content (AvgIpc) is 2.90. The van der Waals surface area contributed by atoms with E-state index >= 15 is 0 Å². The number of aliphatic carboxylic acids is 1. The van der Waals surface area contributed by atoms with Crippen molar-refractivity contribution in [3.05, 3.63) is 0 Å². The fraction of sp³-hybridized carbons (Fsp3) is 0.917. The number of rotatable bonds is 2. The molecular formula is C12H20O2. The highest BCUT2D eigenvalue weighted by molar-refractivity contribution is 5.74. The molecule has 0 radical (unpaired) electrons. The lowest BCUT2D eigenvalue weighted by Crippen LogP contribution is -2.09. The molecule has 2 aliphatic carbocycles. The van der Waals surface area contributed by atoms with Crippen molar-refractivity contribution < 1.29 is 9.90 Å². The summed E-state index contributed by atoms with van der Waals surface area (Å²) in [6, 6.07) is 0. The summed E-state index contributed by atoms with van der Waals surface area (Å²) in [5, 5.41) is 8.99. The van der Waals surface area contributed by atoms with Crippen molar-refractivity contribution in [1.82, 2.24) is 0 Å². The highest BCUT2D eigenvalue weighted by Gasteiger charge is 2.57. The molecule has 0 heterocycles. The van der Waals surface area contributed by atoms with Gasteiger partial charge in [0, 0.05) is 0 Å². The van der Waals surface area contributed by atoms with Gasteiger partial charge in [-0.2, -0.15) is 0 Å². The molecule has 14 heavy (non-hydrogen) atoms. The molecule has 3 atom stereocenters. The van der Waals surface area contributed by atoms with Crippen LogP contribution in [-0.2, 0) is 4.79 Å². The highest BCUT2D eigenvalue weighted by atomic mass is 16.4. The fourth-order valence-corrected chi connectivity index (χ4v) is 3.16. The van der Waals surface area contributed by atoms with Gasteiger partial charge in [-0.15, -0.1) is 0 Å². The van der Waals surface area contributed by atoms with Gasteiger partial charge in [0.2, 0.25) is 0 Å². The van der Waals surface area contributed by atoms with E-state index in [1.54, 1.807) is 0 Å². The van der Waals surface area contributed by atoms with Crippen LogP contribution in [0.1, 0.15) is 51.9 Å². The van der Waals surface area contributed by atoms with Crippen LogP contribution >= 0.6 is 0 Å². The predicted octanol–water partition coefficient (Wildman–Crippen LogP) is 3.07. The van der Waals surface area contributed by atoms with Crippen LogP contribution in [0.5, 0.6) is 0 Å². The lowest BCUT2D eigenvalue weighted by atomic mass is 9.92. The summed E-state index contributed by atoms with van der Waals surface area (Å²) in [5.41, 5.74) is 0.232. The largest absolute Gasteiger partial charge is 0.481 e. The summed E-state index contributed by atoms with van der Waals surface area (Å²) in [6.45, 7) is 2.25. The molecule has 0 saturated heterocycles. The van der Waals surface area contributed by atoms with Gasteiger partial charge in [0.05, 0.1) is 5.92 Å². The highest BCUT2D eigenvalue weighted by Crippen LogP contribution is 2.61. The van der Waals surface area contributed by atoms with Crippen molar-refractivity contribution in [2.75, 3.05) is 0 Å². The van der Waals surface area contributed by atoms with E-state index in [1.165, 1.54) is 38.5 Å². The standard InChI is InChI=1S/C12H20O2/c1-2-9-4-3-6-12(7-5-9)8-10(12)11(13)14/h9-10H,2-8H2,1H3,(H,13,14). The van der Waals surface area contributed by atoms with E-state index in [0.717, 1.165) is 12.3 Å². The van der Waals surface area contributed by atoms with Crippen molar-refractivity contribution in [3.8, 4) is 0 Å². The van der Waals surface area contributed by atoms with Gasteiger partial charge in [0.25, 0.3) is 0 Å². The number of hydrogen-bond acceptors (Lipinski definition) is 1. The molecule has 0 amide bonds. The molecule has 2 aliphatic rings. The molecule has 0 aliphatic heterocycles. The first kappa shape index (κ1) is 10.0. The summed E-state index contributed by atoms with van der Waals surface area (Å²) in [7, 11) is 0. The minimum absolute atomic E-state index is 0.00175. The van der Waals surface area contributed by atoms with Crippen LogP contribution < -0.4 is 0 Å². The van der Waals surface area contributed by atoms with Gasteiger partial charge in [-0.05, 0) is 37.0 Å². The number of carboxylic acids is 1. The number of carboxylic acid groups (broad SMARTS) is 1. The zero-order valence-electron chi connectivity index (χ0n) is 8.96. The van der Waals surface area contributed by atoms with Crippen LogP contribution in [0.4, 0.5) is 0 Å². The van der Waals surface area contributed by atoms with Gasteiger partial charge in [-0.3, -0.25) is 4.79 Å². The lowest BCUT2D eigenvalue weighted by molar-refractivity contribution is -0.139. The normalized spacial score (nSPS) is 42.1. The summed E-state index contributed by atoms with van der Waals surface area (Å²) in [5.74, 6) is 0.308. The molecule has 0 bridgehead atoms. The Hall–Kier alpha value is -0.530. The van der Waals surface area contributed by atoms with E-state index in [-0.39, 0.29) is 11.3 Å². The first-order valence-corrected chi connectivity index (χ1v) is 5.91. The maximum absolute atomic E-state index is 10.9. The molecule has 0 aromatic heterocycles. The van der Waals surface area contributed by atoms with Gasteiger partial charge in [-0.25, -0.2) is 0 Å². The van der Waals surface area contributed by atoms with Crippen LogP contribution in [0.2, 0.25) is 0 Å². The van der Waals surface area contributed by atoms with Gasteiger partial charge < -0.3 is 5.11 Å². The molecule has 0 aromatic carbocycles. The lowest BCUT2D eigenvalue weighted by Gasteiger charge is -2.12. The molecule has 2 rings (SSSR count). The Morgan fingerprint density at radius 2 is 2.21 bits per heavy atom. The molecule has 80 valence electrons. The quantitative estimate of drug-likeness (QED) is 0.737. The average molecular weight is 196 g/mol. The Morgan fingerprint density at radius 1 is 1.43 bits per heavy atom. The fourth-order valence-electron chi connectivity index (χ4n) is 3.16. The third-order valence-corrected chi connectivity index (χ3v) is 4.40. The Balaban J connectivity index is 1.94. The van der Waals surface area contributed by atoms with E-state index < -0.39 is 5.97 Å². The van der Waals surface area contributed by atoms with E-state index in [9.17, 15) is 4.79 Å². The second-order valence-electron chi connectivity index (χ2n) is 5.16. The van der Waals surface area contributed by atoms with Crippen LogP contribution in [0, 0.1) is 17.3 Å². The molecule has 3 unspecified atom stereocenters. The third kappa shape index (κ3) is 1.67. The zero-order chi connectivity index (χ0) is 10.2. The second-order valence-corrected chi connectivity index (χ2v) is 5.16. The minimum atomic E-state index is -0.556. The van der Waals surface area contributed by atoms with Crippen LogP contribution in [-0.4, -0.2) is 11.1 Å². The molecule has 2 saturated carbocycles. The van der Waals surface area contributed by atoms with Crippen LogP contribution in [0.25, 0.3) is 0 Å². The van der Waals surface area contributed by atoms with Crippen LogP contribution in [0.3, 0.4) is 0 Å². The Kier molecular flexibility index (Phi) is 2.54. The van der Waals surface area contributed by atoms with Gasteiger partial charge >= 0.3 is 5.97 Å². The van der Waals surface area contributed by atoms with Crippen molar-refractivity contribution >= 4 is 5.97 Å². The number of hydrogen-bond donors (Lipinski definition) is 1. The monoisotopic (exact) mass is 196 g/mol. The minimum Gasteiger partial charge on any atom is -0.481 e. The molecule has 2 fully saturated rings. The van der Waals surface area contributed by atoms with Gasteiger partial charge in [-0.1, -0.05) is 26.2 Å². The molecule has 0 aromatic rings. The Morgan fingerprint density at radius 3 is 2.79 bits per heavy atom. The maximum atomic E-state index is 10.9. The van der Waals surface area contributed by atoms with Gasteiger partial charge in [0.1, 0.15) is 0 Å². The molecule has 2 nitrogen and oxygen atoms in total. The predicted molar refractivity (Wildman–Crippen MR) is 55.0 cm³/mol. The first-order chi connectivity index (χ1) is 6.68. The summed E-state index contributed by atoms with van der Waals surface area (Å²) in [4.78, 5) is 10.9. The maximum Gasteiger partial charge on any atom is 0.307 e. The second kappa shape index (κ2) is 3.56. The third-order valence-electron chi connectivity index (χ3n) is 4.40. The first-order valence-electron chi connectivity index (χ1n) is 5.91. The topological polar surface area (TPSA) is 37.3 Å². The smallest absolute Gasteiger partial charge is 0.307 e. The molecule has 2 heteroatoms. The van der Waals surface area contributed by atoms with Crippen molar-refractivity contribution in [2.24, 2.45) is 17.3 Å². The SMILES string of the molecule is CCC1CCCC2(CC1)CC2C(=O)O. The van der Waals surface area contributed by atoms with Crippen molar-refractivity contribution in [1.29, 1.82) is 0 Å². The summed E-state index contributed by atoms with van der Waals surface area (Å²) >= 11 is 0. The van der Waals surface area contributed by atoms with Gasteiger partial charge in [0.15, 0.2) is 0 Å². The molecule has 1 N–H and O–H groups in total. The van der Waals surface area contributed by atoms with E-state index in [2.05, 4.69) is 6.92 Å². The summed E-state index contributed by atoms with van der Waals surface area (Å²) in [6.07, 6.45) is 8.41. The zero-order valence-corrected chi connectivity index (χ0v) is 8.96.